The zero-order valence-electron chi connectivity index (χ0n) is 10.4. The summed E-state index contributed by atoms with van der Waals surface area (Å²) in [7, 11) is 0. The molecule has 80 valence electrons. The summed E-state index contributed by atoms with van der Waals surface area (Å²) in [5.41, 5.74) is 1.01. The molecule has 0 heterocycles. The molecule has 3 nitrogen and oxygen atoms in total. The molecular formula is C13H10K2O3+2. The molecule has 0 aliphatic heterocycles. The van der Waals surface area contributed by atoms with Gasteiger partial charge in [-0.25, -0.2) is 0 Å². The Hall–Kier alpha value is 0.983. The number of carbonyl (C=O) groups excluding carboxylic acids is 1. The molecule has 0 amide bonds. The van der Waals surface area contributed by atoms with Crippen molar-refractivity contribution < 1.29 is 118 Å². The van der Waals surface area contributed by atoms with E-state index in [9.17, 15) is 4.79 Å². The van der Waals surface area contributed by atoms with Crippen LogP contribution in [0.2, 0.25) is 0 Å². The van der Waals surface area contributed by atoms with Crippen molar-refractivity contribution in [2.45, 2.75) is 0 Å². The van der Waals surface area contributed by atoms with E-state index >= 15 is 0 Å². The zero-order valence-corrected chi connectivity index (χ0v) is 16.7. The van der Waals surface area contributed by atoms with Gasteiger partial charge >= 0.3 is 103 Å². The van der Waals surface area contributed by atoms with Crippen molar-refractivity contribution >= 4 is 5.78 Å². The van der Waals surface area contributed by atoms with Gasteiger partial charge in [-0.15, -0.1) is 0 Å². The standard InChI is InChI=1S/C13H10O3.2K/c14-11-5-1-9(2-6-11)13(16)10-3-7-12(15)8-4-10;;/h1-8,14-15H;;/q;2*+1. The first-order chi connectivity index (χ1) is 7.66. The summed E-state index contributed by atoms with van der Waals surface area (Å²) in [6.45, 7) is 0. The van der Waals surface area contributed by atoms with Gasteiger partial charge in [-0.3, -0.25) is 4.79 Å². The number of aromatic hydroxyl groups is 2. The second-order valence-corrected chi connectivity index (χ2v) is 3.42. The summed E-state index contributed by atoms with van der Waals surface area (Å²) in [5.74, 6) is 0.115. The van der Waals surface area contributed by atoms with Crippen molar-refractivity contribution in [3.63, 3.8) is 0 Å². The van der Waals surface area contributed by atoms with E-state index in [-0.39, 0.29) is 120 Å². The Morgan fingerprint density at radius 3 is 1.22 bits per heavy atom. The summed E-state index contributed by atoms with van der Waals surface area (Å²) in [4.78, 5) is 11.9. The van der Waals surface area contributed by atoms with Gasteiger partial charge in [0.15, 0.2) is 5.78 Å². The van der Waals surface area contributed by atoms with Crippen LogP contribution in [0, 0.1) is 0 Å². The third-order valence-corrected chi connectivity index (χ3v) is 2.26. The fraction of sp³-hybridized carbons (Fsp3) is 0. The third kappa shape index (κ3) is 5.16. The van der Waals surface area contributed by atoms with Crippen LogP contribution in [-0.4, -0.2) is 16.0 Å². The number of phenols is 2. The van der Waals surface area contributed by atoms with Crippen molar-refractivity contribution in [3.8, 4) is 11.5 Å². The molecule has 0 atom stereocenters. The Labute approximate surface area is 190 Å². The summed E-state index contributed by atoms with van der Waals surface area (Å²) < 4.78 is 0. The second-order valence-electron chi connectivity index (χ2n) is 3.42. The third-order valence-electron chi connectivity index (χ3n) is 2.26. The number of hydrogen-bond acceptors (Lipinski definition) is 3. The van der Waals surface area contributed by atoms with Crippen LogP contribution in [0.15, 0.2) is 48.5 Å². The molecule has 2 N–H and O–H groups in total. The van der Waals surface area contributed by atoms with E-state index in [4.69, 9.17) is 10.2 Å². The Morgan fingerprint density at radius 1 is 0.667 bits per heavy atom. The number of carbonyl (C=O) groups is 1. The van der Waals surface area contributed by atoms with Gasteiger partial charge in [0.2, 0.25) is 0 Å². The van der Waals surface area contributed by atoms with Crippen LogP contribution in [0.5, 0.6) is 11.5 Å². The molecule has 0 saturated carbocycles. The molecule has 5 heteroatoms. The van der Waals surface area contributed by atoms with Crippen LogP contribution in [0.4, 0.5) is 0 Å². The first kappa shape index (κ1) is 19.0. The molecule has 0 aromatic heterocycles. The molecule has 0 aliphatic rings. The van der Waals surface area contributed by atoms with E-state index in [1.807, 2.05) is 0 Å². The second kappa shape index (κ2) is 9.02. The quantitative estimate of drug-likeness (QED) is 0.443. The summed E-state index contributed by atoms with van der Waals surface area (Å²) in [6.07, 6.45) is 0. The van der Waals surface area contributed by atoms with Gasteiger partial charge in [-0.1, -0.05) is 0 Å². The van der Waals surface area contributed by atoms with Gasteiger partial charge in [-0.05, 0) is 48.5 Å². The molecule has 18 heavy (non-hydrogen) atoms. The molecule has 2 rings (SSSR count). The maximum atomic E-state index is 11.9. The summed E-state index contributed by atoms with van der Waals surface area (Å²) >= 11 is 0. The van der Waals surface area contributed by atoms with Crippen molar-refractivity contribution in [1.82, 2.24) is 0 Å². The minimum absolute atomic E-state index is 0. The van der Waals surface area contributed by atoms with Gasteiger partial charge in [0.05, 0.1) is 0 Å². The average Bonchev–Trinajstić information content (AvgIpc) is 2.30. The van der Waals surface area contributed by atoms with E-state index in [2.05, 4.69) is 0 Å². The Balaban J connectivity index is 0.00000144. The van der Waals surface area contributed by atoms with Crippen LogP contribution < -0.4 is 103 Å². The molecule has 2 aromatic rings. The minimum atomic E-state index is -0.139. The molecule has 0 spiro atoms. The first-order valence-corrected chi connectivity index (χ1v) is 4.79. The largest absolute Gasteiger partial charge is 1.00 e. The number of benzene rings is 2. The fourth-order valence-corrected chi connectivity index (χ4v) is 1.39. The van der Waals surface area contributed by atoms with E-state index in [0.717, 1.165) is 0 Å². The molecule has 0 radical (unpaired) electrons. The Morgan fingerprint density at radius 2 is 0.944 bits per heavy atom. The number of rotatable bonds is 2. The van der Waals surface area contributed by atoms with Gasteiger partial charge < -0.3 is 10.2 Å². The van der Waals surface area contributed by atoms with Crippen LogP contribution in [0.3, 0.4) is 0 Å². The number of ketones is 1. The normalized spacial score (nSPS) is 8.89. The Bertz CT molecular complexity index is 459. The predicted octanol–water partition coefficient (Wildman–Crippen LogP) is -3.66. The van der Waals surface area contributed by atoms with Gasteiger partial charge in [-0.2, -0.15) is 0 Å². The summed E-state index contributed by atoms with van der Waals surface area (Å²) in [5, 5.41) is 18.2. The van der Waals surface area contributed by atoms with Crippen LogP contribution in [0.25, 0.3) is 0 Å². The van der Waals surface area contributed by atoms with Gasteiger partial charge in [0.25, 0.3) is 0 Å². The molecule has 0 unspecified atom stereocenters. The molecule has 2 aromatic carbocycles. The van der Waals surface area contributed by atoms with Crippen molar-refractivity contribution in [2.24, 2.45) is 0 Å². The van der Waals surface area contributed by atoms with Gasteiger partial charge in [0.1, 0.15) is 11.5 Å². The van der Waals surface area contributed by atoms with E-state index in [0.29, 0.717) is 11.1 Å². The van der Waals surface area contributed by atoms with Crippen molar-refractivity contribution in [2.75, 3.05) is 0 Å². The smallest absolute Gasteiger partial charge is 0.508 e. The number of phenolic OH excluding ortho intramolecular Hbond substituents is 2. The fourth-order valence-electron chi connectivity index (χ4n) is 1.39. The predicted molar refractivity (Wildman–Crippen MR) is 59.6 cm³/mol. The number of hydrogen-bond donors (Lipinski definition) is 2. The van der Waals surface area contributed by atoms with Crippen LogP contribution in [-0.2, 0) is 0 Å². The minimum Gasteiger partial charge on any atom is -0.508 e. The van der Waals surface area contributed by atoms with Crippen molar-refractivity contribution in [1.29, 1.82) is 0 Å². The molecule has 0 fully saturated rings. The molecular weight excluding hydrogens is 282 g/mol. The van der Waals surface area contributed by atoms with Crippen molar-refractivity contribution in [3.05, 3.63) is 59.7 Å². The van der Waals surface area contributed by atoms with Gasteiger partial charge in [0, 0.05) is 11.1 Å². The Kier molecular flexibility index (Phi) is 9.51. The maximum Gasteiger partial charge on any atom is 1.00 e. The molecule has 0 aliphatic carbocycles. The maximum absolute atomic E-state index is 11.9. The van der Waals surface area contributed by atoms with E-state index < -0.39 is 0 Å². The van der Waals surface area contributed by atoms with Crippen LogP contribution in [0.1, 0.15) is 15.9 Å². The summed E-state index contributed by atoms with van der Waals surface area (Å²) in [6, 6.07) is 12.1. The van der Waals surface area contributed by atoms with E-state index in [1.165, 1.54) is 24.3 Å². The van der Waals surface area contributed by atoms with Crippen LogP contribution >= 0.6 is 0 Å². The zero-order chi connectivity index (χ0) is 11.5. The molecule has 0 saturated heterocycles. The monoisotopic (exact) mass is 292 g/mol. The topological polar surface area (TPSA) is 57.5 Å². The molecule has 0 bridgehead atoms. The SMILES string of the molecule is O=C(c1ccc(O)cc1)c1ccc(O)cc1.[K+].[K+]. The van der Waals surface area contributed by atoms with E-state index in [1.54, 1.807) is 24.3 Å². The first-order valence-electron chi connectivity index (χ1n) is 4.79. The average molecular weight is 292 g/mol.